The first-order valence-electron chi connectivity index (χ1n) is 10.7. The highest BCUT2D eigenvalue weighted by molar-refractivity contribution is 6.35. The number of hydrogen-bond donors (Lipinski definition) is 1. The highest BCUT2D eigenvalue weighted by Gasteiger charge is 2.42. The number of halogens is 3. The minimum Gasteiger partial charge on any atom is -0.481 e. The molecule has 0 spiro atoms. The van der Waals surface area contributed by atoms with E-state index in [-0.39, 0.29) is 17.9 Å². The van der Waals surface area contributed by atoms with Crippen LogP contribution in [0.3, 0.4) is 0 Å². The second-order valence-corrected chi connectivity index (χ2v) is 9.50. The predicted octanol–water partition coefficient (Wildman–Crippen LogP) is 5.05. The van der Waals surface area contributed by atoms with Crippen LogP contribution >= 0.6 is 23.2 Å². The van der Waals surface area contributed by atoms with Gasteiger partial charge in [0.1, 0.15) is 6.10 Å². The first-order valence-corrected chi connectivity index (χ1v) is 11.5. The Bertz CT molecular complexity index is 1180. The Labute approximate surface area is 196 Å². The smallest absolute Gasteiger partial charge is 0.167 e. The van der Waals surface area contributed by atoms with E-state index in [2.05, 4.69) is 10.00 Å². The molecule has 32 heavy (non-hydrogen) atoms. The zero-order chi connectivity index (χ0) is 22.6. The third-order valence-corrected chi connectivity index (χ3v) is 6.91. The van der Waals surface area contributed by atoms with Crippen molar-refractivity contribution in [1.82, 2.24) is 14.7 Å². The summed E-state index contributed by atoms with van der Waals surface area (Å²) in [6.45, 7) is 5.15. The Morgan fingerprint density at radius 1 is 1.16 bits per heavy atom. The van der Waals surface area contributed by atoms with Gasteiger partial charge in [0, 0.05) is 40.5 Å². The number of nitrogens with zero attached hydrogens (tertiary/aromatic N) is 3. The average molecular weight is 476 g/mol. The zero-order valence-corrected chi connectivity index (χ0v) is 19.4. The molecule has 5 nitrogen and oxygen atoms in total. The predicted molar refractivity (Wildman–Crippen MR) is 123 cm³/mol. The summed E-state index contributed by atoms with van der Waals surface area (Å²) in [5.74, 6) is -0.300. The largest absolute Gasteiger partial charge is 0.481 e. The number of fused-ring (bicyclic) bond motifs is 1. The van der Waals surface area contributed by atoms with Crippen LogP contribution in [0.5, 0.6) is 5.75 Å². The van der Waals surface area contributed by atoms with Gasteiger partial charge in [0.2, 0.25) is 0 Å². The van der Waals surface area contributed by atoms with Crippen LogP contribution in [-0.4, -0.2) is 45.0 Å². The molecule has 1 aliphatic carbocycles. The van der Waals surface area contributed by atoms with Gasteiger partial charge in [0.15, 0.2) is 11.6 Å². The maximum atomic E-state index is 15.2. The summed E-state index contributed by atoms with van der Waals surface area (Å²) in [7, 11) is 0. The fourth-order valence-electron chi connectivity index (χ4n) is 4.89. The lowest BCUT2D eigenvalue weighted by Crippen LogP contribution is -2.39. The van der Waals surface area contributed by atoms with Gasteiger partial charge in [-0.05, 0) is 62.6 Å². The summed E-state index contributed by atoms with van der Waals surface area (Å²) in [4.78, 5) is 2.20. The fraction of sp³-hybridized carbons (Fsp3) is 0.375. The molecule has 2 aliphatic rings. The third-order valence-electron chi connectivity index (χ3n) is 6.35. The van der Waals surface area contributed by atoms with Gasteiger partial charge < -0.3 is 9.84 Å². The van der Waals surface area contributed by atoms with Crippen molar-refractivity contribution in [2.24, 2.45) is 0 Å². The van der Waals surface area contributed by atoms with Crippen molar-refractivity contribution in [2.45, 2.75) is 44.9 Å². The first kappa shape index (κ1) is 21.7. The van der Waals surface area contributed by atoms with Crippen LogP contribution in [0.15, 0.2) is 36.4 Å². The summed E-state index contributed by atoms with van der Waals surface area (Å²) < 4.78 is 23.2. The first-order chi connectivity index (χ1) is 15.3. The molecule has 168 valence electrons. The molecule has 1 aromatic heterocycles. The number of rotatable bonds is 4. The molecule has 2 aromatic carbocycles. The van der Waals surface area contributed by atoms with Crippen molar-refractivity contribution in [3.05, 3.63) is 74.8 Å². The number of aryl methyl sites for hydroxylation is 2. The van der Waals surface area contributed by atoms with Gasteiger partial charge in [-0.1, -0.05) is 23.2 Å². The summed E-state index contributed by atoms with van der Waals surface area (Å²) in [6.07, 6.45) is 0.559. The number of benzene rings is 2. The van der Waals surface area contributed by atoms with E-state index in [4.69, 9.17) is 27.9 Å². The molecule has 0 amide bonds. The third kappa shape index (κ3) is 3.90. The van der Waals surface area contributed by atoms with Crippen LogP contribution in [0, 0.1) is 19.7 Å². The SMILES string of the molecule is Cc1cc(C)n(-c2ccc(O[C@H]3c4cc(Cl)cc(Cl)c4C[C@@H]3N3CC[C@@H](O)C3)c(F)c2)n1. The minimum atomic E-state index is -0.461. The molecule has 0 unspecified atom stereocenters. The van der Waals surface area contributed by atoms with Crippen LogP contribution in [0.2, 0.25) is 10.0 Å². The van der Waals surface area contributed by atoms with Gasteiger partial charge in [-0.15, -0.1) is 0 Å². The number of likely N-dealkylation sites (tertiary alicyclic amines) is 1. The Hall–Kier alpha value is -2.12. The Morgan fingerprint density at radius 3 is 2.62 bits per heavy atom. The number of aliphatic hydroxyl groups is 1. The van der Waals surface area contributed by atoms with E-state index in [0.717, 1.165) is 29.1 Å². The van der Waals surface area contributed by atoms with Crippen molar-refractivity contribution in [1.29, 1.82) is 0 Å². The molecule has 1 N–H and O–H groups in total. The molecule has 0 bridgehead atoms. The number of aromatic nitrogens is 2. The van der Waals surface area contributed by atoms with Gasteiger partial charge in [0.05, 0.1) is 23.5 Å². The van der Waals surface area contributed by atoms with E-state index in [1.807, 2.05) is 26.0 Å². The topological polar surface area (TPSA) is 50.5 Å². The Morgan fingerprint density at radius 2 is 1.97 bits per heavy atom. The average Bonchev–Trinajstić information content (AvgIpc) is 3.41. The molecular weight excluding hydrogens is 452 g/mol. The number of aliphatic hydroxyl groups excluding tert-OH is 1. The number of β-amino-alcohol motifs (C(OH)–C–C–N with tert-alkyl or cyclic N) is 1. The monoisotopic (exact) mass is 475 g/mol. The lowest BCUT2D eigenvalue weighted by atomic mass is 10.1. The van der Waals surface area contributed by atoms with Crippen molar-refractivity contribution in [2.75, 3.05) is 13.1 Å². The molecule has 2 heterocycles. The van der Waals surface area contributed by atoms with Gasteiger partial charge >= 0.3 is 0 Å². The lowest BCUT2D eigenvalue weighted by molar-refractivity contribution is 0.0790. The van der Waals surface area contributed by atoms with Crippen LogP contribution in [-0.2, 0) is 6.42 Å². The second-order valence-electron chi connectivity index (χ2n) is 8.66. The Balaban J connectivity index is 1.49. The standard InChI is InChI=1S/C24H24Cl2FN3O2/c1-13-7-14(2)30(28-13)16-3-4-23(21(27)10-16)32-24-19-8-15(25)9-20(26)18(19)11-22(24)29-6-5-17(31)12-29/h3-4,7-10,17,22,24,31H,5-6,11-12H2,1-2H3/t17-,22+,24+/m1/s1. The highest BCUT2D eigenvalue weighted by atomic mass is 35.5. The fourth-order valence-corrected chi connectivity index (χ4v) is 5.48. The van der Waals surface area contributed by atoms with Crippen LogP contribution in [0.4, 0.5) is 4.39 Å². The van der Waals surface area contributed by atoms with E-state index < -0.39 is 11.9 Å². The normalized spacial score (nSPS) is 23.0. The van der Waals surface area contributed by atoms with Crippen LogP contribution in [0.25, 0.3) is 5.69 Å². The molecule has 0 radical (unpaired) electrons. The summed E-state index contributed by atoms with van der Waals surface area (Å²) in [5, 5.41) is 15.6. The van der Waals surface area contributed by atoms with Crippen molar-refractivity contribution < 1.29 is 14.2 Å². The summed E-state index contributed by atoms with van der Waals surface area (Å²) >= 11 is 12.8. The molecule has 0 saturated carbocycles. The lowest BCUT2D eigenvalue weighted by Gasteiger charge is -2.30. The minimum absolute atomic E-state index is 0.0618. The molecule has 1 aliphatic heterocycles. The van der Waals surface area contributed by atoms with Gasteiger partial charge in [-0.3, -0.25) is 4.90 Å². The Kier molecular flexibility index (Phi) is 5.66. The van der Waals surface area contributed by atoms with Crippen LogP contribution < -0.4 is 4.74 Å². The van der Waals surface area contributed by atoms with Gasteiger partial charge in [0.25, 0.3) is 0 Å². The van der Waals surface area contributed by atoms with E-state index in [9.17, 15) is 5.11 Å². The quantitative estimate of drug-likeness (QED) is 0.573. The van der Waals surface area contributed by atoms with E-state index in [1.54, 1.807) is 22.9 Å². The maximum absolute atomic E-state index is 15.2. The van der Waals surface area contributed by atoms with Crippen LogP contribution in [0.1, 0.15) is 35.0 Å². The molecule has 1 fully saturated rings. The molecule has 1 saturated heterocycles. The maximum Gasteiger partial charge on any atom is 0.167 e. The molecule has 5 rings (SSSR count). The van der Waals surface area contributed by atoms with Gasteiger partial charge in [-0.25, -0.2) is 9.07 Å². The summed E-state index contributed by atoms with van der Waals surface area (Å²) in [6, 6.07) is 10.3. The van der Waals surface area contributed by atoms with E-state index in [1.165, 1.54) is 6.07 Å². The highest BCUT2D eigenvalue weighted by Crippen LogP contribution is 2.43. The molecule has 8 heteroatoms. The van der Waals surface area contributed by atoms with Crippen molar-refractivity contribution in [3.63, 3.8) is 0 Å². The van der Waals surface area contributed by atoms with E-state index in [0.29, 0.717) is 35.1 Å². The molecular formula is C24H24Cl2FN3O2. The number of ether oxygens (including phenoxy) is 1. The van der Waals surface area contributed by atoms with Gasteiger partial charge in [-0.2, -0.15) is 5.10 Å². The van der Waals surface area contributed by atoms with E-state index >= 15 is 4.39 Å². The zero-order valence-electron chi connectivity index (χ0n) is 17.9. The summed E-state index contributed by atoms with van der Waals surface area (Å²) in [5.41, 5.74) is 4.27. The number of hydrogen-bond acceptors (Lipinski definition) is 4. The van der Waals surface area contributed by atoms with Crippen molar-refractivity contribution >= 4 is 23.2 Å². The molecule has 3 aromatic rings. The van der Waals surface area contributed by atoms with Crippen molar-refractivity contribution in [3.8, 4) is 11.4 Å². The molecule has 3 atom stereocenters. The second kappa shape index (κ2) is 8.34.